The summed E-state index contributed by atoms with van der Waals surface area (Å²) in [5.41, 5.74) is 3.75. The lowest BCUT2D eigenvalue weighted by Crippen LogP contribution is -2.22. The van der Waals surface area contributed by atoms with Gasteiger partial charge in [0.25, 0.3) is 0 Å². The molecule has 0 saturated carbocycles. The molecule has 1 atom stereocenters. The van der Waals surface area contributed by atoms with Crippen molar-refractivity contribution in [1.29, 1.82) is 0 Å². The molecule has 0 spiro atoms. The fraction of sp³-hybridized carbons (Fsp3) is 0.294. The molecule has 2 rings (SSSR count). The summed E-state index contributed by atoms with van der Waals surface area (Å²) in [4.78, 5) is 0. The zero-order valence-corrected chi connectivity index (χ0v) is 15.6. The van der Waals surface area contributed by atoms with Gasteiger partial charge in [0, 0.05) is 4.47 Å². The molecule has 4 heteroatoms. The molecular weight excluding hydrogens is 394 g/mol. The highest BCUT2D eigenvalue weighted by Gasteiger charge is 2.17. The topological polar surface area (TPSA) is 21.3 Å². The van der Waals surface area contributed by atoms with Crippen LogP contribution in [0.1, 0.15) is 29.7 Å². The van der Waals surface area contributed by atoms with Crippen molar-refractivity contribution in [3.8, 4) is 5.75 Å². The smallest absolute Gasteiger partial charge is 0.133 e. The summed E-state index contributed by atoms with van der Waals surface area (Å²) in [7, 11) is 1.68. The van der Waals surface area contributed by atoms with E-state index in [1.165, 1.54) is 16.7 Å². The Labute approximate surface area is 143 Å². The van der Waals surface area contributed by atoms with Crippen LogP contribution in [0.15, 0.2) is 45.3 Å². The largest absolute Gasteiger partial charge is 0.496 e. The average Bonchev–Trinajstić information content (AvgIpc) is 2.48. The van der Waals surface area contributed by atoms with Crippen molar-refractivity contribution >= 4 is 31.9 Å². The Hall–Kier alpha value is -0.840. The van der Waals surface area contributed by atoms with Crippen molar-refractivity contribution in [3.05, 3.63) is 62.0 Å². The van der Waals surface area contributed by atoms with E-state index < -0.39 is 0 Å². The zero-order valence-electron chi connectivity index (χ0n) is 12.4. The van der Waals surface area contributed by atoms with E-state index in [1.807, 2.05) is 6.07 Å². The fourth-order valence-electron chi connectivity index (χ4n) is 2.41. The van der Waals surface area contributed by atoms with Crippen LogP contribution in [0.25, 0.3) is 0 Å². The van der Waals surface area contributed by atoms with E-state index in [0.29, 0.717) is 0 Å². The van der Waals surface area contributed by atoms with E-state index in [4.69, 9.17) is 4.74 Å². The lowest BCUT2D eigenvalue weighted by molar-refractivity contribution is 0.412. The highest BCUT2D eigenvalue weighted by molar-refractivity contribution is 9.10. The van der Waals surface area contributed by atoms with Crippen LogP contribution >= 0.6 is 31.9 Å². The molecule has 0 aliphatic carbocycles. The van der Waals surface area contributed by atoms with E-state index in [-0.39, 0.29) is 6.04 Å². The predicted molar refractivity (Wildman–Crippen MR) is 95.1 cm³/mol. The van der Waals surface area contributed by atoms with Crippen LogP contribution in [-0.2, 0) is 0 Å². The molecule has 0 aliphatic rings. The van der Waals surface area contributed by atoms with Gasteiger partial charge in [0.05, 0.1) is 17.6 Å². The first kappa shape index (κ1) is 16.5. The Morgan fingerprint density at radius 1 is 1.14 bits per heavy atom. The SMILES string of the molecule is CCNC(c1ccc(OC)c(Br)c1)c1cccc(Br)c1C. The van der Waals surface area contributed by atoms with Crippen molar-refractivity contribution in [3.63, 3.8) is 0 Å². The first-order chi connectivity index (χ1) is 10.1. The van der Waals surface area contributed by atoms with Crippen molar-refractivity contribution in [2.75, 3.05) is 13.7 Å². The van der Waals surface area contributed by atoms with E-state index in [0.717, 1.165) is 21.2 Å². The quantitative estimate of drug-likeness (QED) is 0.725. The maximum absolute atomic E-state index is 5.31. The number of rotatable bonds is 5. The number of benzene rings is 2. The molecule has 0 heterocycles. The van der Waals surface area contributed by atoms with Crippen LogP contribution in [-0.4, -0.2) is 13.7 Å². The van der Waals surface area contributed by atoms with Crippen LogP contribution in [0.2, 0.25) is 0 Å². The maximum atomic E-state index is 5.31. The number of hydrogen-bond acceptors (Lipinski definition) is 2. The van der Waals surface area contributed by atoms with Crippen LogP contribution in [0, 0.1) is 6.92 Å². The van der Waals surface area contributed by atoms with Gasteiger partial charge < -0.3 is 10.1 Å². The van der Waals surface area contributed by atoms with Gasteiger partial charge in [0.1, 0.15) is 5.75 Å². The van der Waals surface area contributed by atoms with Gasteiger partial charge in [-0.1, -0.05) is 41.1 Å². The van der Waals surface area contributed by atoms with Gasteiger partial charge in [-0.2, -0.15) is 0 Å². The van der Waals surface area contributed by atoms with E-state index in [9.17, 15) is 0 Å². The first-order valence-electron chi connectivity index (χ1n) is 6.90. The molecule has 112 valence electrons. The van der Waals surface area contributed by atoms with Gasteiger partial charge in [-0.3, -0.25) is 0 Å². The summed E-state index contributed by atoms with van der Waals surface area (Å²) in [6.07, 6.45) is 0. The van der Waals surface area contributed by atoms with Crippen molar-refractivity contribution < 1.29 is 4.74 Å². The van der Waals surface area contributed by atoms with Gasteiger partial charge in [-0.05, 0) is 64.3 Å². The summed E-state index contributed by atoms with van der Waals surface area (Å²) >= 11 is 7.19. The fourth-order valence-corrected chi connectivity index (χ4v) is 3.35. The van der Waals surface area contributed by atoms with Gasteiger partial charge in [-0.15, -0.1) is 0 Å². The minimum Gasteiger partial charge on any atom is -0.496 e. The molecule has 1 N–H and O–H groups in total. The highest BCUT2D eigenvalue weighted by Crippen LogP contribution is 2.33. The molecule has 0 amide bonds. The molecule has 0 radical (unpaired) electrons. The second-order valence-electron chi connectivity index (χ2n) is 4.84. The van der Waals surface area contributed by atoms with Crippen LogP contribution in [0.5, 0.6) is 5.75 Å². The summed E-state index contributed by atoms with van der Waals surface area (Å²) < 4.78 is 7.42. The number of methoxy groups -OCH3 is 1. The van der Waals surface area contributed by atoms with Crippen molar-refractivity contribution in [1.82, 2.24) is 5.32 Å². The Kier molecular flexibility index (Phi) is 5.85. The Morgan fingerprint density at radius 3 is 2.52 bits per heavy atom. The zero-order chi connectivity index (χ0) is 15.4. The van der Waals surface area contributed by atoms with Crippen molar-refractivity contribution in [2.45, 2.75) is 19.9 Å². The van der Waals surface area contributed by atoms with Gasteiger partial charge in [-0.25, -0.2) is 0 Å². The number of nitrogens with one attached hydrogen (secondary N) is 1. The number of hydrogen-bond donors (Lipinski definition) is 1. The van der Waals surface area contributed by atoms with E-state index >= 15 is 0 Å². The maximum Gasteiger partial charge on any atom is 0.133 e. The Balaban J connectivity index is 2.48. The molecule has 0 bridgehead atoms. The van der Waals surface area contributed by atoms with Crippen LogP contribution < -0.4 is 10.1 Å². The molecule has 21 heavy (non-hydrogen) atoms. The summed E-state index contributed by atoms with van der Waals surface area (Å²) in [6, 6.07) is 12.7. The van der Waals surface area contributed by atoms with Crippen LogP contribution in [0.4, 0.5) is 0 Å². The predicted octanol–water partition coefficient (Wildman–Crippen LogP) is 5.23. The highest BCUT2D eigenvalue weighted by atomic mass is 79.9. The minimum absolute atomic E-state index is 0.162. The molecule has 2 aromatic rings. The molecule has 2 nitrogen and oxygen atoms in total. The Bertz CT molecular complexity index is 628. The molecule has 2 aromatic carbocycles. The third kappa shape index (κ3) is 3.68. The third-order valence-corrected chi connectivity index (χ3v) is 5.02. The Morgan fingerprint density at radius 2 is 1.90 bits per heavy atom. The summed E-state index contributed by atoms with van der Waals surface area (Å²) in [5, 5.41) is 3.57. The minimum atomic E-state index is 0.162. The van der Waals surface area contributed by atoms with E-state index in [2.05, 4.69) is 81.4 Å². The average molecular weight is 413 g/mol. The molecule has 0 saturated heterocycles. The number of ether oxygens (including phenoxy) is 1. The standard InChI is InChI=1S/C17H19Br2NO/c1-4-20-17(13-6-5-7-14(18)11(13)2)12-8-9-16(21-3)15(19)10-12/h5-10,17,20H,4H2,1-3H3. The molecule has 0 fully saturated rings. The first-order valence-corrected chi connectivity index (χ1v) is 8.49. The molecule has 0 aromatic heterocycles. The second kappa shape index (κ2) is 7.43. The lowest BCUT2D eigenvalue weighted by Gasteiger charge is -2.22. The van der Waals surface area contributed by atoms with Crippen molar-refractivity contribution in [2.24, 2.45) is 0 Å². The third-order valence-electron chi connectivity index (χ3n) is 3.54. The number of halogens is 2. The van der Waals surface area contributed by atoms with Gasteiger partial charge in [0.2, 0.25) is 0 Å². The molecular formula is C17H19Br2NO. The molecule has 1 unspecified atom stereocenters. The summed E-state index contributed by atoms with van der Waals surface area (Å²) in [6.45, 7) is 5.17. The second-order valence-corrected chi connectivity index (χ2v) is 6.55. The van der Waals surface area contributed by atoms with E-state index in [1.54, 1.807) is 7.11 Å². The molecule has 0 aliphatic heterocycles. The van der Waals surface area contributed by atoms with Gasteiger partial charge >= 0.3 is 0 Å². The van der Waals surface area contributed by atoms with Crippen LogP contribution in [0.3, 0.4) is 0 Å². The monoisotopic (exact) mass is 411 g/mol. The normalized spacial score (nSPS) is 12.2. The van der Waals surface area contributed by atoms with Gasteiger partial charge in [0.15, 0.2) is 0 Å². The summed E-state index contributed by atoms with van der Waals surface area (Å²) in [5.74, 6) is 0.847. The lowest BCUT2D eigenvalue weighted by atomic mass is 9.95.